The lowest BCUT2D eigenvalue weighted by Crippen LogP contribution is -2.13. The zero-order valence-electron chi connectivity index (χ0n) is 10.3. The molecule has 17 heavy (non-hydrogen) atoms. The van der Waals surface area contributed by atoms with E-state index < -0.39 is 0 Å². The molecule has 0 atom stereocenters. The Kier molecular flexibility index (Phi) is 4.14. The first kappa shape index (κ1) is 12.1. The fourth-order valence-corrected chi connectivity index (χ4v) is 2.15. The average molecular weight is 250 g/mol. The largest absolute Gasteiger partial charge is 0.355 e. The highest BCUT2D eigenvalue weighted by Gasteiger charge is 2.04. The van der Waals surface area contributed by atoms with Gasteiger partial charge in [0, 0.05) is 43.5 Å². The van der Waals surface area contributed by atoms with Crippen molar-refractivity contribution in [1.29, 1.82) is 0 Å². The van der Waals surface area contributed by atoms with Gasteiger partial charge in [-0.2, -0.15) is 0 Å². The molecule has 0 aliphatic rings. The third-order valence-electron chi connectivity index (χ3n) is 2.43. The molecular weight excluding hydrogens is 232 g/mol. The van der Waals surface area contributed by atoms with Gasteiger partial charge in [-0.15, -0.1) is 11.3 Å². The zero-order valence-corrected chi connectivity index (χ0v) is 11.1. The van der Waals surface area contributed by atoms with Crippen LogP contribution in [0.3, 0.4) is 0 Å². The van der Waals surface area contributed by atoms with Gasteiger partial charge < -0.3 is 9.88 Å². The van der Waals surface area contributed by atoms with E-state index in [0.717, 1.165) is 25.5 Å². The number of nitrogens with zero attached hydrogens (tertiary/aromatic N) is 3. The standard InChI is InChI=1S/C12H18N4S/c1-10(2)9-15-12-14-4-7-16(12)6-3-11-13-5-8-17-11/h4-5,7-8,10H,3,6,9H2,1-2H3,(H,14,15). The summed E-state index contributed by atoms with van der Waals surface area (Å²) in [5.41, 5.74) is 0. The summed E-state index contributed by atoms with van der Waals surface area (Å²) < 4.78 is 2.14. The van der Waals surface area contributed by atoms with Crippen LogP contribution in [0.15, 0.2) is 24.0 Å². The first-order valence-corrected chi connectivity index (χ1v) is 6.77. The molecule has 0 spiro atoms. The molecule has 0 aliphatic carbocycles. The normalized spacial score (nSPS) is 11.0. The molecule has 92 valence electrons. The molecule has 2 aromatic rings. The second-order valence-electron chi connectivity index (χ2n) is 4.39. The van der Waals surface area contributed by atoms with Crippen molar-refractivity contribution in [2.75, 3.05) is 11.9 Å². The van der Waals surface area contributed by atoms with E-state index in [1.54, 1.807) is 11.3 Å². The van der Waals surface area contributed by atoms with Crippen molar-refractivity contribution >= 4 is 17.3 Å². The maximum atomic E-state index is 4.32. The Bertz CT molecular complexity index is 433. The van der Waals surface area contributed by atoms with Crippen LogP contribution in [0.5, 0.6) is 0 Å². The Morgan fingerprint density at radius 1 is 1.35 bits per heavy atom. The quantitative estimate of drug-likeness (QED) is 0.857. The van der Waals surface area contributed by atoms with Crippen molar-refractivity contribution in [3.63, 3.8) is 0 Å². The van der Waals surface area contributed by atoms with E-state index in [1.165, 1.54) is 5.01 Å². The summed E-state index contributed by atoms with van der Waals surface area (Å²) >= 11 is 1.70. The molecule has 0 fully saturated rings. The molecule has 5 heteroatoms. The van der Waals surface area contributed by atoms with Crippen molar-refractivity contribution in [3.05, 3.63) is 29.0 Å². The minimum atomic E-state index is 0.624. The molecule has 0 aliphatic heterocycles. The Morgan fingerprint density at radius 3 is 2.94 bits per heavy atom. The van der Waals surface area contributed by atoms with Crippen molar-refractivity contribution < 1.29 is 0 Å². The van der Waals surface area contributed by atoms with Crippen molar-refractivity contribution in [2.45, 2.75) is 26.8 Å². The smallest absolute Gasteiger partial charge is 0.202 e. The van der Waals surface area contributed by atoms with Gasteiger partial charge >= 0.3 is 0 Å². The van der Waals surface area contributed by atoms with Gasteiger partial charge in [0.2, 0.25) is 5.95 Å². The number of hydrogen-bond acceptors (Lipinski definition) is 4. The van der Waals surface area contributed by atoms with Crippen molar-refractivity contribution in [2.24, 2.45) is 5.92 Å². The van der Waals surface area contributed by atoms with E-state index in [9.17, 15) is 0 Å². The minimum absolute atomic E-state index is 0.624. The maximum Gasteiger partial charge on any atom is 0.202 e. The van der Waals surface area contributed by atoms with Gasteiger partial charge in [-0.05, 0) is 5.92 Å². The van der Waals surface area contributed by atoms with Crippen LogP contribution in [0.1, 0.15) is 18.9 Å². The summed E-state index contributed by atoms with van der Waals surface area (Å²) in [6, 6.07) is 0. The topological polar surface area (TPSA) is 42.7 Å². The summed E-state index contributed by atoms with van der Waals surface area (Å²) in [6.45, 7) is 6.26. The fraction of sp³-hybridized carbons (Fsp3) is 0.500. The van der Waals surface area contributed by atoms with Crippen molar-refractivity contribution in [1.82, 2.24) is 14.5 Å². The zero-order chi connectivity index (χ0) is 12.1. The van der Waals surface area contributed by atoms with Gasteiger partial charge in [0.1, 0.15) is 0 Å². The molecule has 0 aromatic carbocycles. The van der Waals surface area contributed by atoms with Crippen LogP contribution < -0.4 is 5.32 Å². The molecule has 2 aromatic heterocycles. The first-order valence-electron chi connectivity index (χ1n) is 5.89. The number of rotatable bonds is 6. The molecular formula is C12H18N4S. The van der Waals surface area contributed by atoms with Gasteiger partial charge in [0.25, 0.3) is 0 Å². The van der Waals surface area contributed by atoms with Crippen LogP contribution in [-0.4, -0.2) is 21.1 Å². The molecule has 0 saturated carbocycles. The van der Waals surface area contributed by atoms with Gasteiger partial charge in [0.05, 0.1) is 5.01 Å². The molecule has 2 heterocycles. The number of imidazole rings is 1. The lowest BCUT2D eigenvalue weighted by atomic mass is 10.2. The fourth-order valence-electron chi connectivity index (χ4n) is 1.54. The number of thiazole rings is 1. The van der Waals surface area contributed by atoms with Gasteiger partial charge in [0.15, 0.2) is 0 Å². The molecule has 0 saturated heterocycles. The highest BCUT2D eigenvalue weighted by Crippen LogP contribution is 2.10. The number of hydrogen-bond donors (Lipinski definition) is 1. The van der Waals surface area contributed by atoms with Crippen LogP contribution in [0, 0.1) is 5.92 Å². The monoisotopic (exact) mass is 250 g/mol. The number of nitrogens with one attached hydrogen (secondary N) is 1. The highest BCUT2D eigenvalue weighted by atomic mass is 32.1. The maximum absolute atomic E-state index is 4.32. The van der Waals surface area contributed by atoms with Crippen LogP contribution >= 0.6 is 11.3 Å². The van der Waals surface area contributed by atoms with E-state index in [0.29, 0.717) is 5.92 Å². The van der Waals surface area contributed by atoms with Crippen LogP contribution in [0.4, 0.5) is 5.95 Å². The second-order valence-corrected chi connectivity index (χ2v) is 5.37. The molecule has 2 rings (SSSR count). The van der Waals surface area contributed by atoms with Crippen molar-refractivity contribution in [3.8, 4) is 0 Å². The van der Waals surface area contributed by atoms with Crippen LogP contribution in [-0.2, 0) is 13.0 Å². The minimum Gasteiger partial charge on any atom is -0.355 e. The number of aryl methyl sites for hydroxylation is 2. The Balaban J connectivity index is 1.90. The van der Waals surface area contributed by atoms with Gasteiger partial charge in [-0.25, -0.2) is 9.97 Å². The van der Waals surface area contributed by atoms with Gasteiger partial charge in [-0.3, -0.25) is 0 Å². The van der Waals surface area contributed by atoms with E-state index >= 15 is 0 Å². The van der Waals surface area contributed by atoms with E-state index in [1.807, 2.05) is 24.0 Å². The number of anilines is 1. The third kappa shape index (κ3) is 3.56. The molecule has 4 nitrogen and oxygen atoms in total. The number of aromatic nitrogens is 3. The van der Waals surface area contributed by atoms with E-state index in [2.05, 4.69) is 33.7 Å². The van der Waals surface area contributed by atoms with Crippen LogP contribution in [0.2, 0.25) is 0 Å². The predicted octanol–water partition coefficient (Wildman–Crippen LogP) is 2.65. The van der Waals surface area contributed by atoms with E-state index in [4.69, 9.17) is 0 Å². The van der Waals surface area contributed by atoms with Crippen LogP contribution in [0.25, 0.3) is 0 Å². The Morgan fingerprint density at radius 2 is 2.24 bits per heavy atom. The summed E-state index contributed by atoms with van der Waals surface area (Å²) in [5, 5.41) is 6.55. The lowest BCUT2D eigenvalue weighted by Gasteiger charge is -2.10. The SMILES string of the molecule is CC(C)CNc1nccn1CCc1nccs1. The summed E-state index contributed by atoms with van der Waals surface area (Å²) in [6.07, 6.45) is 6.66. The third-order valence-corrected chi connectivity index (χ3v) is 3.27. The lowest BCUT2D eigenvalue weighted by molar-refractivity contribution is 0.660. The van der Waals surface area contributed by atoms with E-state index in [-0.39, 0.29) is 0 Å². The second kappa shape index (κ2) is 5.82. The molecule has 0 radical (unpaired) electrons. The summed E-state index contributed by atoms with van der Waals surface area (Å²) in [7, 11) is 0. The highest BCUT2D eigenvalue weighted by molar-refractivity contribution is 7.09. The average Bonchev–Trinajstić information content (AvgIpc) is 2.95. The first-order chi connectivity index (χ1) is 8.25. The Labute approximate surface area is 106 Å². The molecule has 1 N–H and O–H groups in total. The summed E-state index contributed by atoms with van der Waals surface area (Å²) in [5.74, 6) is 1.58. The molecule has 0 amide bonds. The molecule has 0 unspecified atom stereocenters. The predicted molar refractivity (Wildman–Crippen MR) is 71.4 cm³/mol. The summed E-state index contributed by atoms with van der Waals surface area (Å²) in [4.78, 5) is 8.61. The Hall–Kier alpha value is -1.36. The molecule has 0 bridgehead atoms. The van der Waals surface area contributed by atoms with Gasteiger partial charge in [-0.1, -0.05) is 13.8 Å².